The molecule has 2 N–H and O–H groups in total. The van der Waals surface area contributed by atoms with Crippen molar-refractivity contribution in [2.45, 2.75) is 19.8 Å². The van der Waals surface area contributed by atoms with Gasteiger partial charge in [0.05, 0.1) is 7.11 Å². The molecule has 0 radical (unpaired) electrons. The van der Waals surface area contributed by atoms with E-state index in [0.717, 1.165) is 44.7 Å². The number of para-hydroxylation sites is 1. The van der Waals surface area contributed by atoms with Crippen LogP contribution >= 0.6 is 0 Å². The molecule has 0 fully saturated rings. The number of methoxy groups -OCH3 is 1. The highest BCUT2D eigenvalue weighted by molar-refractivity contribution is 5.94. The second kappa shape index (κ2) is 10.3. The summed E-state index contributed by atoms with van der Waals surface area (Å²) >= 11 is 0. The molecule has 5 aromatic rings. The van der Waals surface area contributed by atoms with Gasteiger partial charge in [0.1, 0.15) is 11.5 Å². The summed E-state index contributed by atoms with van der Waals surface area (Å²) in [5, 5.41) is 4.16. The van der Waals surface area contributed by atoms with E-state index in [0.29, 0.717) is 18.6 Å². The Morgan fingerprint density at radius 2 is 1.69 bits per heavy atom. The van der Waals surface area contributed by atoms with Crippen molar-refractivity contribution in [1.82, 2.24) is 15.0 Å². The highest BCUT2D eigenvalue weighted by atomic mass is 16.5. The first-order valence-corrected chi connectivity index (χ1v) is 11.7. The maximum absolute atomic E-state index is 12.9. The number of aromatic nitrogens is 3. The highest BCUT2D eigenvalue weighted by Crippen LogP contribution is 2.32. The van der Waals surface area contributed by atoms with Gasteiger partial charge < -0.3 is 19.8 Å². The summed E-state index contributed by atoms with van der Waals surface area (Å²) in [5.74, 6) is 1.36. The van der Waals surface area contributed by atoms with Crippen LogP contribution in [0.15, 0.2) is 85.2 Å². The van der Waals surface area contributed by atoms with Crippen molar-refractivity contribution in [3.05, 3.63) is 96.3 Å². The molecule has 0 saturated heterocycles. The fourth-order valence-electron chi connectivity index (χ4n) is 4.20. The summed E-state index contributed by atoms with van der Waals surface area (Å²) < 4.78 is 11.0. The van der Waals surface area contributed by atoms with Crippen molar-refractivity contribution >= 4 is 22.5 Å². The maximum atomic E-state index is 12.9. The number of aromatic amines is 1. The van der Waals surface area contributed by atoms with Crippen molar-refractivity contribution in [3.8, 4) is 28.8 Å². The Bertz CT molecular complexity index is 1490. The number of aryl methyl sites for hydroxylation is 2. The van der Waals surface area contributed by atoms with Crippen LogP contribution in [0.25, 0.3) is 22.2 Å². The number of nitrogens with one attached hydrogen (secondary N) is 2. The number of carbonyl (C=O) groups is 1. The molecule has 1 amide bonds. The monoisotopic (exact) mass is 478 g/mol. The van der Waals surface area contributed by atoms with Crippen LogP contribution in [0.4, 0.5) is 5.69 Å². The molecule has 0 unspecified atom stereocenters. The van der Waals surface area contributed by atoms with Crippen molar-refractivity contribution in [3.63, 3.8) is 0 Å². The smallest absolute Gasteiger partial charge is 0.321 e. The first kappa shape index (κ1) is 23.1. The molecule has 3 aromatic carbocycles. The van der Waals surface area contributed by atoms with Gasteiger partial charge in [-0.1, -0.05) is 18.2 Å². The maximum Gasteiger partial charge on any atom is 0.321 e. The molecule has 2 heterocycles. The minimum Gasteiger partial charge on any atom is -0.497 e. The number of ether oxygens (including phenoxy) is 2. The van der Waals surface area contributed by atoms with Crippen LogP contribution in [0.2, 0.25) is 0 Å². The number of nitrogens with zero attached hydrogens (tertiary/aromatic N) is 2. The SMILES string of the molecule is COc1ccc(-c2[nH]c3ccccc3c2CCC(=O)Nc2ccc(Oc3ncccn3)cc2C)cc1. The number of fused-ring (bicyclic) bond motifs is 1. The molecule has 0 aliphatic rings. The van der Waals surface area contributed by atoms with E-state index in [1.165, 1.54) is 0 Å². The fourth-order valence-corrected chi connectivity index (χ4v) is 4.20. The Morgan fingerprint density at radius 1 is 0.944 bits per heavy atom. The van der Waals surface area contributed by atoms with Crippen LogP contribution in [0.1, 0.15) is 17.5 Å². The van der Waals surface area contributed by atoms with Gasteiger partial charge in [-0.05, 0) is 84.6 Å². The number of hydrogen-bond acceptors (Lipinski definition) is 5. The van der Waals surface area contributed by atoms with Crippen molar-refractivity contribution in [2.75, 3.05) is 12.4 Å². The van der Waals surface area contributed by atoms with Gasteiger partial charge in [0, 0.05) is 41.1 Å². The zero-order valence-corrected chi connectivity index (χ0v) is 20.1. The van der Waals surface area contributed by atoms with E-state index >= 15 is 0 Å². The molecule has 0 saturated carbocycles. The lowest BCUT2D eigenvalue weighted by Gasteiger charge is -2.11. The molecule has 7 nitrogen and oxygen atoms in total. The highest BCUT2D eigenvalue weighted by Gasteiger charge is 2.15. The van der Waals surface area contributed by atoms with Gasteiger partial charge in [0.2, 0.25) is 5.91 Å². The third-order valence-corrected chi connectivity index (χ3v) is 6.02. The lowest BCUT2D eigenvalue weighted by atomic mass is 10.0. The summed E-state index contributed by atoms with van der Waals surface area (Å²) in [7, 11) is 1.65. The van der Waals surface area contributed by atoms with Crippen molar-refractivity contribution < 1.29 is 14.3 Å². The first-order chi connectivity index (χ1) is 17.6. The average Bonchev–Trinajstić information content (AvgIpc) is 3.28. The number of anilines is 1. The summed E-state index contributed by atoms with van der Waals surface area (Å²) in [6.45, 7) is 1.93. The van der Waals surface area contributed by atoms with Crippen molar-refractivity contribution in [1.29, 1.82) is 0 Å². The zero-order chi connectivity index (χ0) is 24.9. The van der Waals surface area contributed by atoms with Crippen LogP contribution in [0.3, 0.4) is 0 Å². The van der Waals surface area contributed by atoms with Gasteiger partial charge in [-0.15, -0.1) is 0 Å². The molecule has 0 aliphatic heterocycles. The second-order valence-corrected chi connectivity index (χ2v) is 8.41. The van der Waals surface area contributed by atoms with E-state index in [4.69, 9.17) is 9.47 Å². The predicted octanol–water partition coefficient (Wildman–Crippen LogP) is 6.31. The van der Waals surface area contributed by atoms with E-state index in [1.54, 1.807) is 31.6 Å². The van der Waals surface area contributed by atoms with E-state index in [2.05, 4.69) is 32.4 Å². The first-order valence-electron chi connectivity index (χ1n) is 11.7. The topological polar surface area (TPSA) is 89.1 Å². The number of carbonyl (C=O) groups excluding carboxylic acids is 1. The number of hydrogen-bond donors (Lipinski definition) is 2. The standard InChI is InChI=1S/C29H26N4O3/c1-19-18-22(36-29-30-16-5-17-31-29)12-14-25(19)32-27(34)15-13-24-23-6-3-4-7-26(23)33-28(24)20-8-10-21(35-2)11-9-20/h3-12,14,16-18,33H,13,15H2,1-2H3,(H,32,34). The van der Waals surface area contributed by atoms with E-state index in [9.17, 15) is 4.79 Å². The Balaban J connectivity index is 1.30. The zero-order valence-electron chi connectivity index (χ0n) is 20.1. The molecular weight excluding hydrogens is 452 g/mol. The van der Waals surface area contributed by atoms with Gasteiger partial charge in [-0.3, -0.25) is 4.79 Å². The molecule has 2 aromatic heterocycles. The predicted molar refractivity (Wildman–Crippen MR) is 141 cm³/mol. The van der Waals surface area contributed by atoms with Gasteiger partial charge in [0.15, 0.2) is 0 Å². The number of rotatable bonds is 8. The molecule has 0 aliphatic carbocycles. The minimum absolute atomic E-state index is 0.0517. The summed E-state index contributed by atoms with van der Waals surface area (Å²) in [6, 6.07) is 23.6. The van der Waals surface area contributed by atoms with Crippen LogP contribution in [-0.4, -0.2) is 28.0 Å². The molecule has 7 heteroatoms. The van der Waals surface area contributed by atoms with Gasteiger partial charge in [0.25, 0.3) is 0 Å². The van der Waals surface area contributed by atoms with Crippen LogP contribution in [-0.2, 0) is 11.2 Å². The fraction of sp³-hybridized carbons (Fsp3) is 0.138. The number of benzene rings is 3. The number of amides is 1. The number of H-pyrrole nitrogens is 1. The van der Waals surface area contributed by atoms with Gasteiger partial charge in [-0.25, -0.2) is 9.97 Å². The second-order valence-electron chi connectivity index (χ2n) is 8.41. The summed E-state index contributed by atoms with van der Waals surface area (Å²) in [6.07, 6.45) is 4.19. The third-order valence-electron chi connectivity index (χ3n) is 6.02. The lowest BCUT2D eigenvalue weighted by molar-refractivity contribution is -0.116. The normalized spacial score (nSPS) is 10.8. The molecular formula is C29H26N4O3. The van der Waals surface area contributed by atoms with Crippen LogP contribution in [0.5, 0.6) is 17.5 Å². The van der Waals surface area contributed by atoms with E-state index in [-0.39, 0.29) is 11.9 Å². The molecule has 0 spiro atoms. The Morgan fingerprint density at radius 3 is 2.44 bits per heavy atom. The third kappa shape index (κ3) is 5.05. The molecule has 5 rings (SSSR count). The quantitative estimate of drug-likeness (QED) is 0.273. The molecule has 0 bridgehead atoms. The van der Waals surface area contributed by atoms with Gasteiger partial charge in [-0.2, -0.15) is 0 Å². The Kier molecular flexibility index (Phi) is 6.62. The van der Waals surface area contributed by atoms with Crippen molar-refractivity contribution in [2.24, 2.45) is 0 Å². The molecule has 0 atom stereocenters. The lowest BCUT2D eigenvalue weighted by Crippen LogP contribution is -2.13. The minimum atomic E-state index is -0.0517. The van der Waals surface area contributed by atoms with E-state index in [1.807, 2.05) is 55.5 Å². The summed E-state index contributed by atoms with van der Waals surface area (Å²) in [5.41, 5.74) is 5.88. The average molecular weight is 479 g/mol. The molecule has 180 valence electrons. The van der Waals surface area contributed by atoms with Crippen LogP contribution in [0, 0.1) is 6.92 Å². The van der Waals surface area contributed by atoms with E-state index < -0.39 is 0 Å². The van der Waals surface area contributed by atoms with Gasteiger partial charge >= 0.3 is 6.01 Å². The molecule has 36 heavy (non-hydrogen) atoms. The van der Waals surface area contributed by atoms with Crippen LogP contribution < -0.4 is 14.8 Å². The summed E-state index contributed by atoms with van der Waals surface area (Å²) in [4.78, 5) is 24.6. The Labute approximate surface area is 209 Å². The Hall–Kier alpha value is -4.65. The largest absolute Gasteiger partial charge is 0.497 e.